The Bertz CT molecular complexity index is 349. The third kappa shape index (κ3) is 3.00. The van der Waals surface area contributed by atoms with Crippen LogP contribution in [0.1, 0.15) is 41.0 Å². The summed E-state index contributed by atoms with van der Waals surface area (Å²) in [6.45, 7) is 19.3. The van der Waals surface area contributed by atoms with Crippen molar-refractivity contribution in [1.82, 2.24) is 4.90 Å². The summed E-state index contributed by atoms with van der Waals surface area (Å²) in [6.07, 6.45) is 1.80. The first-order valence-electron chi connectivity index (χ1n) is 8.39. The van der Waals surface area contributed by atoms with E-state index in [1.165, 1.54) is 19.5 Å². The molecule has 20 heavy (non-hydrogen) atoms. The number of hydrogen-bond donors (Lipinski definition) is 0. The number of nitrogens with zero attached hydrogens (tertiary/aromatic N) is 1. The lowest BCUT2D eigenvalue weighted by Gasteiger charge is -2.40. The van der Waals surface area contributed by atoms with Crippen LogP contribution >= 0.6 is 0 Å². The van der Waals surface area contributed by atoms with Gasteiger partial charge in [-0.1, -0.05) is 34.6 Å². The lowest BCUT2D eigenvalue weighted by atomic mass is 9.79. The smallest absolute Gasteiger partial charge is 0.192 e. The second-order valence-electron chi connectivity index (χ2n) is 9.04. The minimum atomic E-state index is -1.63. The first kappa shape index (κ1) is 16.5. The zero-order valence-corrected chi connectivity index (χ0v) is 15.9. The Morgan fingerprint density at radius 2 is 1.65 bits per heavy atom. The predicted octanol–water partition coefficient (Wildman–Crippen LogP) is 4.23. The molecule has 1 saturated heterocycles. The molecule has 0 aromatic rings. The fraction of sp³-hybridized carbons (Fsp3) is 1.00. The second kappa shape index (κ2) is 5.40. The van der Waals surface area contributed by atoms with E-state index >= 15 is 0 Å². The molecule has 2 fully saturated rings. The van der Waals surface area contributed by atoms with Gasteiger partial charge in [-0.15, -0.1) is 0 Å². The van der Waals surface area contributed by atoms with Crippen molar-refractivity contribution in [3.05, 3.63) is 0 Å². The molecule has 0 aromatic carbocycles. The molecule has 0 amide bonds. The largest absolute Gasteiger partial charge is 0.414 e. The molecular formula is C17H35NOSi. The normalized spacial score (nSPS) is 39.9. The Morgan fingerprint density at radius 1 is 1.05 bits per heavy atom. The van der Waals surface area contributed by atoms with Gasteiger partial charge in [-0.25, -0.2) is 0 Å². The lowest BCUT2D eigenvalue weighted by molar-refractivity contribution is 0.0864. The van der Waals surface area contributed by atoms with Crippen molar-refractivity contribution in [1.29, 1.82) is 0 Å². The van der Waals surface area contributed by atoms with Gasteiger partial charge in [0.25, 0.3) is 0 Å². The first-order chi connectivity index (χ1) is 9.03. The lowest BCUT2D eigenvalue weighted by Crippen LogP contribution is -2.45. The van der Waals surface area contributed by atoms with Gasteiger partial charge in [0.1, 0.15) is 0 Å². The van der Waals surface area contributed by atoms with Crippen LogP contribution in [0.5, 0.6) is 0 Å². The van der Waals surface area contributed by atoms with E-state index in [1.54, 1.807) is 0 Å². The van der Waals surface area contributed by atoms with Crippen molar-refractivity contribution in [3.63, 3.8) is 0 Å². The molecule has 1 aliphatic carbocycles. The summed E-state index contributed by atoms with van der Waals surface area (Å²) < 4.78 is 6.77. The van der Waals surface area contributed by atoms with E-state index in [9.17, 15) is 0 Å². The van der Waals surface area contributed by atoms with Crippen molar-refractivity contribution in [2.75, 3.05) is 20.1 Å². The summed E-state index contributed by atoms with van der Waals surface area (Å²) in [7, 11) is 0.651. The van der Waals surface area contributed by atoms with Crippen LogP contribution in [0.4, 0.5) is 0 Å². The topological polar surface area (TPSA) is 12.5 Å². The van der Waals surface area contributed by atoms with E-state index < -0.39 is 8.32 Å². The number of rotatable bonds is 2. The van der Waals surface area contributed by atoms with Crippen molar-refractivity contribution in [2.24, 2.45) is 23.7 Å². The van der Waals surface area contributed by atoms with E-state index in [2.05, 4.69) is 59.7 Å². The number of likely N-dealkylation sites (tertiary alicyclic amines) is 1. The molecule has 2 aliphatic rings. The van der Waals surface area contributed by atoms with Crippen LogP contribution in [-0.4, -0.2) is 39.5 Å². The van der Waals surface area contributed by atoms with Crippen molar-refractivity contribution in [3.8, 4) is 0 Å². The Kier molecular flexibility index (Phi) is 4.46. The SMILES string of the molecule is C[C@H]1[C@@H]2CN(C)C[C@@H](C)[C@@H]2C[C@@H]1O[Si](C)(C)C(C)(C)C. The highest BCUT2D eigenvalue weighted by Gasteiger charge is 2.49. The van der Waals surface area contributed by atoms with E-state index in [4.69, 9.17) is 4.43 Å². The maximum Gasteiger partial charge on any atom is 0.192 e. The molecular weight excluding hydrogens is 262 g/mol. The highest BCUT2D eigenvalue weighted by atomic mass is 28.4. The highest BCUT2D eigenvalue weighted by Crippen LogP contribution is 2.48. The molecule has 1 aliphatic heterocycles. The third-order valence-corrected chi connectivity index (χ3v) is 10.9. The van der Waals surface area contributed by atoms with Gasteiger partial charge in [0.2, 0.25) is 0 Å². The minimum absolute atomic E-state index is 0.322. The van der Waals surface area contributed by atoms with Gasteiger partial charge in [0.05, 0.1) is 0 Å². The van der Waals surface area contributed by atoms with E-state index in [0.717, 1.165) is 23.7 Å². The number of hydrogen-bond acceptors (Lipinski definition) is 2. The number of piperidine rings is 1. The van der Waals surface area contributed by atoms with Crippen LogP contribution in [0.3, 0.4) is 0 Å². The first-order valence-corrected chi connectivity index (χ1v) is 11.3. The second-order valence-corrected chi connectivity index (χ2v) is 13.8. The van der Waals surface area contributed by atoms with E-state index in [0.29, 0.717) is 11.1 Å². The molecule has 2 nitrogen and oxygen atoms in total. The van der Waals surface area contributed by atoms with Crippen molar-refractivity contribution in [2.45, 2.75) is 65.3 Å². The van der Waals surface area contributed by atoms with Gasteiger partial charge in [0.15, 0.2) is 8.32 Å². The molecule has 118 valence electrons. The standard InChI is InChI=1S/C17H35NOSi/c1-12-10-18(6)11-15-13(2)16(9-14(12)15)19-20(7,8)17(3,4)5/h12-16H,9-11H2,1-8H3/t12-,13+,14+,15+,16+/m1/s1. The Morgan fingerprint density at radius 3 is 2.20 bits per heavy atom. The predicted molar refractivity (Wildman–Crippen MR) is 89.5 cm³/mol. The average molecular weight is 298 g/mol. The summed E-state index contributed by atoms with van der Waals surface area (Å²) in [5.41, 5.74) is 0. The quantitative estimate of drug-likeness (QED) is 0.707. The molecule has 0 bridgehead atoms. The molecule has 2 rings (SSSR count). The summed E-state index contributed by atoms with van der Waals surface area (Å²) in [5, 5.41) is 0.322. The fourth-order valence-electron chi connectivity index (χ4n) is 4.05. The zero-order valence-electron chi connectivity index (χ0n) is 14.9. The molecule has 1 saturated carbocycles. The third-order valence-electron chi connectivity index (χ3n) is 6.42. The van der Waals surface area contributed by atoms with E-state index in [1.807, 2.05) is 0 Å². The number of fused-ring (bicyclic) bond motifs is 1. The summed E-state index contributed by atoms with van der Waals surface area (Å²) in [4.78, 5) is 2.52. The molecule has 3 heteroatoms. The zero-order chi connectivity index (χ0) is 15.3. The van der Waals surface area contributed by atoms with Crippen LogP contribution in [0.25, 0.3) is 0 Å². The van der Waals surface area contributed by atoms with Crippen LogP contribution in [0, 0.1) is 23.7 Å². The van der Waals surface area contributed by atoms with Gasteiger partial charge < -0.3 is 9.33 Å². The van der Waals surface area contributed by atoms with Crippen molar-refractivity contribution >= 4 is 8.32 Å². The van der Waals surface area contributed by atoms with Gasteiger partial charge in [-0.05, 0) is 55.3 Å². The Labute approximate surface area is 127 Å². The molecule has 0 radical (unpaired) electrons. The van der Waals surface area contributed by atoms with Gasteiger partial charge >= 0.3 is 0 Å². The van der Waals surface area contributed by atoms with Crippen molar-refractivity contribution < 1.29 is 4.43 Å². The Balaban J connectivity index is 2.09. The average Bonchev–Trinajstić information content (AvgIpc) is 2.55. The molecule has 5 atom stereocenters. The summed E-state index contributed by atoms with van der Waals surface area (Å²) in [6, 6.07) is 0. The van der Waals surface area contributed by atoms with Gasteiger partial charge in [-0.2, -0.15) is 0 Å². The molecule has 0 N–H and O–H groups in total. The van der Waals surface area contributed by atoms with E-state index in [-0.39, 0.29) is 0 Å². The maximum absolute atomic E-state index is 6.77. The molecule has 1 heterocycles. The highest BCUT2D eigenvalue weighted by molar-refractivity contribution is 6.74. The molecule has 0 spiro atoms. The maximum atomic E-state index is 6.77. The van der Waals surface area contributed by atoms with Crippen LogP contribution in [-0.2, 0) is 4.43 Å². The monoisotopic (exact) mass is 297 g/mol. The molecule has 0 aromatic heterocycles. The van der Waals surface area contributed by atoms with Crippen LogP contribution < -0.4 is 0 Å². The summed E-state index contributed by atoms with van der Waals surface area (Å²) >= 11 is 0. The Hall–Kier alpha value is 0.137. The minimum Gasteiger partial charge on any atom is -0.414 e. The van der Waals surface area contributed by atoms with Crippen LogP contribution in [0.15, 0.2) is 0 Å². The van der Waals surface area contributed by atoms with Gasteiger partial charge in [0, 0.05) is 19.2 Å². The van der Waals surface area contributed by atoms with Crippen LogP contribution in [0.2, 0.25) is 18.1 Å². The summed E-state index contributed by atoms with van der Waals surface area (Å²) in [5.74, 6) is 3.28. The fourth-order valence-corrected chi connectivity index (χ4v) is 5.47. The van der Waals surface area contributed by atoms with Gasteiger partial charge in [-0.3, -0.25) is 0 Å². The molecule has 0 unspecified atom stereocenters.